The molecule has 0 aliphatic heterocycles. The van der Waals surface area contributed by atoms with E-state index in [1.807, 2.05) is 37.5 Å². The van der Waals surface area contributed by atoms with Gasteiger partial charge in [-0.3, -0.25) is 9.10 Å². The predicted octanol–water partition coefficient (Wildman–Crippen LogP) is 6.71. The first-order chi connectivity index (χ1) is 18.5. The van der Waals surface area contributed by atoms with Crippen LogP contribution in [0, 0.1) is 20.8 Å². The zero-order valence-corrected chi connectivity index (χ0v) is 24.4. The minimum absolute atomic E-state index is 0.0488. The van der Waals surface area contributed by atoms with Gasteiger partial charge in [-0.25, -0.2) is 13.8 Å². The summed E-state index contributed by atoms with van der Waals surface area (Å²) < 4.78 is 29.9. The Morgan fingerprint density at radius 1 is 0.923 bits per heavy atom. The number of sulfonamides is 1. The number of amides is 1. The van der Waals surface area contributed by atoms with Crippen molar-refractivity contribution in [1.82, 2.24) is 9.99 Å². The van der Waals surface area contributed by atoms with E-state index in [0.29, 0.717) is 15.1 Å². The molecule has 202 valence electrons. The van der Waals surface area contributed by atoms with Gasteiger partial charge in [0.15, 0.2) is 0 Å². The average Bonchev–Trinajstić information content (AvgIpc) is 3.19. The monoisotopic (exact) mass is 602 g/mol. The summed E-state index contributed by atoms with van der Waals surface area (Å²) in [6.07, 6.45) is 1.51. The Labute approximate surface area is 242 Å². The summed E-state index contributed by atoms with van der Waals surface area (Å²) in [5.41, 5.74) is 6.87. The number of rotatable bonds is 8. The largest absolute Gasteiger partial charge is 0.318 e. The van der Waals surface area contributed by atoms with Crippen LogP contribution in [-0.4, -0.2) is 31.7 Å². The van der Waals surface area contributed by atoms with E-state index in [9.17, 15) is 13.2 Å². The summed E-state index contributed by atoms with van der Waals surface area (Å²) in [5, 5.41) is 5.37. The summed E-state index contributed by atoms with van der Waals surface area (Å²) in [7, 11) is -4.06. The normalized spacial score (nSPS) is 11.6. The van der Waals surface area contributed by atoms with E-state index >= 15 is 0 Å². The molecule has 4 rings (SSSR count). The second kappa shape index (κ2) is 11.8. The molecule has 39 heavy (non-hydrogen) atoms. The third kappa shape index (κ3) is 6.31. The van der Waals surface area contributed by atoms with Crippen molar-refractivity contribution in [1.29, 1.82) is 0 Å². The molecule has 0 atom stereocenters. The Morgan fingerprint density at radius 2 is 1.64 bits per heavy atom. The summed E-state index contributed by atoms with van der Waals surface area (Å²) in [6.45, 7) is 5.15. The second-order valence-electron chi connectivity index (χ2n) is 8.81. The fraction of sp³-hybridized carbons (Fsp3) is 0.143. The zero-order chi connectivity index (χ0) is 28.3. The van der Waals surface area contributed by atoms with Crippen molar-refractivity contribution >= 4 is 62.6 Å². The van der Waals surface area contributed by atoms with E-state index in [1.165, 1.54) is 24.4 Å². The molecule has 1 aromatic heterocycles. The Kier molecular flexibility index (Phi) is 8.71. The number of aromatic nitrogens is 1. The minimum Gasteiger partial charge on any atom is -0.318 e. The van der Waals surface area contributed by atoms with Gasteiger partial charge in [-0.1, -0.05) is 59.1 Å². The van der Waals surface area contributed by atoms with Gasteiger partial charge < -0.3 is 4.57 Å². The maximum atomic E-state index is 13.5. The molecule has 3 aromatic carbocycles. The molecule has 0 radical (unpaired) electrons. The third-order valence-electron chi connectivity index (χ3n) is 6.09. The second-order valence-corrected chi connectivity index (χ2v) is 11.9. The number of hydrogen-bond acceptors (Lipinski definition) is 4. The molecule has 0 fully saturated rings. The maximum Gasteiger partial charge on any atom is 0.264 e. The summed E-state index contributed by atoms with van der Waals surface area (Å²) in [4.78, 5) is 12.9. The number of halogens is 3. The van der Waals surface area contributed by atoms with Crippen molar-refractivity contribution < 1.29 is 13.2 Å². The summed E-state index contributed by atoms with van der Waals surface area (Å²) >= 11 is 18.5. The number of carbonyl (C=O) groups excluding carboxylic acids is 1. The van der Waals surface area contributed by atoms with E-state index in [2.05, 4.69) is 10.5 Å². The molecule has 4 aromatic rings. The molecule has 7 nitrogen and oxygen atoms in total. The number of benzene rings is 3. The fourth-order valence-corrected chi connectivity index (χ4v) is 5.95. The van der Waals surface area contributed by atoms with Crippen LogP contribution in [0.2, 0.25) is 15.1 Å². The van der Waals surface area contributed by atoms with Gasteiger partial charge in [-0.05, 0) is 74.9 Å². The lowest BCUT2D eigenvalue weighted by Gasteiger charge is -2.24. The van der Waals surface area contributed by atoms with Gasteiger partial charge in [0.25, 0.3) is 15.9 Å². The fourth-order valence-electron chi connectivity index (χ4n) is 4.05. The molecule has 1 heterocycles. The van der Waals surface area contributed by atoms with E-state index in [1.54, 1.807) is 42.5 Å². The van der Waals surface area contributed by atoms with Gasteiger partial charge in [0.1, 0.15) is 6.54 Å². The highest BCUT2D eigenvalue weighted by Crippen LogP contribution is 2.29. The molecule has 0 aliphatic rings. The van der Waals surface area contributed by atoms with Crippen LogP contribution in [0.4, 0.5) is 5.69 Å². The highest BCUT2D eigenvalue weighted by Gasteiger charge is 2.27. The predicted molar refractivity (Wildman–Crippen MR) is 158 cm³/mol. The smallest absolute Gasteiger partial charge is 0.264 e. The molecular weight excluding hydrogens is 579 g/mol. The van der Waals surface area contributed by atoms with Crippen LogP contribution >= 0.6 is 34.8 Å². The Morgan fingerprint density at radius 3 is 2.31 bits per heavy atom. The highest BCUT2D eigenvalue weighted by atomic mass is 35.5. The van der Waals surface area contributed by atoms with Crippen molar-refractivity contribution in [2.45, 2.75) is 25.7 Å². The molecule has 0 bridgehead atoms. The average molecular weight is 604 g/mol. The number of nitrogens with one attached hydrogen (secondary N) is 1. The van der Waals surface area contributed by atoms with E-state index < -0.39 is 22.5 Å². The topological polar surface area (TPSA) is 83.8 Å². The molecule has 0 aliphatic carbocycles. The first kappa shape index (κ1) is 28.7. The first-order valence-electron chi connectivity index (χ1n) is 11.8. The van der Waals surface area contributed by atoms with Gasteiger partial charge in [0, 0.05) is 27.7 Å². The van der Waals surface area contributed by atoms with Crippen molar-refractivity contribution in [3.63, 3.8) is 0 Å². The zero-order valence-electron chi connectivity index (χ0n) is 21.3. The maximum absolute atomic E-state index is 13.5. The van der Waals surface area contributed by atoms with Crippen molar-refractivity contribution in [2.75, 3.05) is 10.8 Å². The van der Waals surface area contributed by atoms with Crippen LogP contribution < -0.4 is 9.73 Å². The van der Waals surface area contributed by atoms with Crippen LogP contribution in [-0.2, 0) is 14.8 Å². The molecule has 0 spiro atoms. The molecular formula is C28H25Cl3N4O3S. The molecule has 11 heteroatoms. The number of carbonyl (C=O) groups is 1. The van der Waals surface area contributed by atoms with Crippen LogP contribution in [0.25, 0.3) is 5.69 Å². The number of anilines is 1. The minimum atomic E-state index is -4.06. The molecule has 1 N–H and O–H groups in total. The number of hydrogen-bond donors (Lipinski definition) is 1. The van der Waals surface area contributed by atoms with Crippen molar-refractivity contribution in [3.05, 3.63) is 110 Å². The lowest BCUT2D eigenvalue weighted by Crippen LogP contribution is -2.39. The van der Waals surface area contributed by atoms with Gasteiger partial charge in [0.05, 0.1) is 26.8 Å². The third-order valence-corrected chi connectivity index (χ3v) is 9.02. The van der Waals surface area contributed by atoms with Crippen LogP contribution in [0.5, 0.6) is 0 Å². The molecule has 1 amide bonds. The van der Waals surface area contributed by atoms with Crippen LogP contribution in [0.1, 0.15) is 22.5 Å². The van der Waals surface area contributed by atoms with Gasteiger partial charge in [-0.15, -0.1) is 0 Å². The molecule has 0 unspecified atom stereocenters. The molecule has 0 saturated heterocycles. The Hall–Kier alpha value is -3.30. The van der Waals surface area contributed by atoms with Crippen LogP contribution in [0.15, 0.2) is 82.8 Å². The lowest BCUT2D eigenvalue weighted by atomic mass is 10.2. The quantitative estimate of drug-likeness (QED) is 0.180. The van der Waals surface area contributed by atoms with Crippen LogP contribution in [0.3, 0.4) is 0 Å². The van der Waals surface area contributed by atoms with Gasteiger partial charge in [-0.2, -0.15) is 5.10 Å². The van der Waals surface area contributed by atoms with E-state index in [0.717, 1.165) is 32.5 Å². The van der Waals surface area contributed by atoms with Crippen molar-refractivity contribution in [3.8, 4) is 5.69 Å². The Balaban J connectivity index is 1.56. The number of hydrazone groups is 1. The van der Waals surface area contributed by atoms with Crippen molar-refractivity contribution in [2.24, 2.45) is 5.10 Å². The SMILES string of the molecule is Cc1ccc(N(CC(=O)N/N=C\c2cc(C)n(-c3ccc(Cl)c(Cl)c3)c2C)S(=O)(=O)c2ccccc2)cc1Cl. The van der Waals surface area contributed by atoms with E-state index in [4.69, 9.17) is 34.8 Å². The highest BCUT2D eigenvalue weighted by molar-refractivity contribution is 7.92. The summed E-state index contributed by atoms with van der Waals surface area (Å²) in [5.74, 6) is -0.624. The summed E-state index contributed by atoms with van der Waals surface area (Å²) in [6, 6.07) is 20.0. The van der Waals surface area contributed by atoms with Gasteiger partial charge in [0.2, 0.25) is 0 Å². The molecule has 0 saturated carbocycles. The van der Waals surface area contributed by atoms with Gasteiger partial charge >= 0.3 is 0 Å². The number of aryl methyl sites for hydroxylation is 2. The van der Waals surface area contributed by atoms with E-state index in [-0.39, 0.29) is 10.6 Å². The number of nitrogens with zero attached hydrogens (tertiary/aromatic N) is 3. The standard InChI is InChI=1S/C28H25Cl3N4O3S/c1-18-9-10-22(14-26(18)30)34(39(37,38)24-7-5-4-6-8-24)17-28(36)33-32-16-21-13-19(2)35(20(21)3)23-11-12-25(29)27(31)15-23/h4-16H,17H2,1-3H3,(H,33,36)/b32-16-. The first-order valence-corrected chi connectivity index (χ1v) is 14.4. The Bertz CT molecular complexity index is 1670. The lowest BCUT2D eigenvalue weighted by molar-refractivity contribution is -0.119.